The average Bonchev–Trinajstić information content (AvgIpc) is 2.95. The summed E-state index contributed by atoms with van der Waals surface area (Å²) in [5.41, 5.74) is 0.309. The van der Waals surface area contributed by atoms with Gasteiger partial charge < -0.3 is 14.5 Å². The first-order valence-corrected chi connectivity index (χ1v) is 9.67. The first-order chi connectivity index (χ1) is 11.7. The first-order valence-electron chi connectivity index (χ1n) is 8.06. The van der Waals surface area contributed by atoms with Crippen LogP contribution in [0.15, 0.2) is 22.7 Å². The van der Waals surface area contributed by atoms with Crippen LogP contribution in [0.2, 0.25) is 0 Å². The average molecular weight is 426 g/mol. The van der Waals surface area contributed by atoms with Crippen LogP contribution in [0, 0.1) is 0 Å². The second kappa shape index (κ2) is 6.92. The van der Waals surface area contributed by atoms with Gasteiger partial charge in [0, 0.05) is 30.7 Å². The molecule has 25 heavy (non-hydrogen) atoms. The van der Waals surface area contributed by atoms with Gasteiger partial charge in [-0.25, -0.2) is 9.78 Å². The highest BCUT2D eigenvalue weighted by Crippen LogP contribution is 2.26. The van der Waals surface area contributed by atoms with Gasteiger partial charge >= 0.3 is 6.09 Å². The van der Waals surface area contributed by atoms with E-state index in [1.54, 1.807) is 9.80 Å². The van der Waals surface area contributed by atoms with E-state index < -0.39 is 5.60 Å². The van der Waals surface area contributed by atoms with Gasteiger partial charge in [-0.05, 0) is 39.0 Å². The van der Waals surface area contributed by atoms with Gasteiger partial charge in [-0.1, -0.05) is 15.9 Å². The molecule has 0 atom stereocenters. The molecule has 3 rings (SSSR count). The standard InChI is InChI=1S/C17H20BrN3O3S/c1-17(2,3)24-16(23)21-8-6-20(7-9-21)15(22)14-19-12-5-4-11(18)10-13(12)25-14/h4-5,10H,6-9H2,1-3H3. The van der Waals surface area contributed by atoms with Gasteiger partial charge in [0.15, 0.2) is 5.01 Å². The Morgan fingerprint density at radius 1 is 1.16 bits per heavy atom. The van der Waals surface area contributed by atoms with Crippen molar-refractivity contribution >= 4 is 49.5 Å². The molecule has 1 aromatic heterocycles. The van der Waals surface area contributed by atoms with Crippen molar-refractivity contribution in [3.63, 3.8) is 0 Å². The van der Waals surface area contributed by atoms with Gasteiger partial charge in [0.05, 0.1) is 10.2 Å². The van der Waals surface area contributed by atoms with Crippen molar-refractivity contribution in [2.75, 3.05) is 26.2 Å². The Balaban J connectivity index is 1.63. The van der Waals surface area contributed by atoms with Crippen LogP contribution in [0.25, 0.3) is 10.2 Å². The maximum atomic E-state index is 12.7. The van der Waals surface area contributed by atoms with Crippen molar-refractivity contribution in [2.24, 2.45) is 0 Å². The smallest absolute Gasteiger partial charge is 0.410 e. The number of ether oxygens (including phenoxy) is 1. The number of piperazine rings is 1. The van der Waals surface area contributed by atoms with E-state index in [2.05, 4.69) is 20.9 Å². The van der Waals surface area contributed by atoms with Gasteiger partial charge in [-0.2, -0.15) is 0 Å². The van der Waals surface area contributed by atoms with Gasteiger partial charge in [-0.3, -0.25) is 4.79 Å². The fourth-order valence-corrected chi connectivity index (χ4v) is 4.03. The van der Waals surface area contributed by atoms with Crippen LogP contribution in [-0.4, -0.2) is 58.6 Å². The molecule has 0 radical (unpaired) electrons. The minimum absolute atomic E-state index is 0.0823. The summed E-state index contributed by atoms with van der Waals surface area (Å²) in [6.45, 7) is 7.44. The number of nitrogens with zero attached hydrogens (tertiary/aromatic N) is 3. The molecule has 2 aromatic rings. The van der Waals surface area contributed by atoms with E-state index in [-0.39, 0.29) is 12.0 Å². The lowest BCUT2D eigenvalue weighted by molar-refractivity contribution is 0.0141. The molecule has 6 nitrogen and oxygen atoms in total. The van der Waals surface area contributed by atoms with E-state index in [1.807, 2.05) is 39.0 Å². The molecule has 1 aliphatic rings. The number of benzene rings is 1. The maximum absolute atomic E-state index is 12.7. The Labute approximate surface area is 158 Å². The zero-order chi connectivity index (χ0) is 18.2. The fourth-order valence-electron chi connectivity index (χ4n) is 2.54. The number of aromatic nitrogens is 1. The maximum Gasteiger partial charge on any atom is 0.410 e. The van der Waals surface area contributed by atoms with Crippen molar-refractivity contribution in [2.45, 2.75) is 26.4 Å². The molecule has 0 aliphatic carbocycles. The van der Waals surface area contributed by atoms with Gasteiger partial charge in [-0.15, -0.1) is 11.3 Å². The van der Waals surface area contributed by atoms with Crippen LogP contribution in [0.3, 0.4) is 0 Å². The lowest BCUT2D eigenvalue weighted by Crippen LogP contribution is -2.51. The third-order valence-corrected chi connectivity index (χ3v) is 5.25. The van der Waals surface area contributed by atoms with Crippen molar-refractivity contribution < 1.29 is 14.3 Å². The highest BCUT2D eigenvalue weighted by molar-refractivity contribution is 9.10. The van der Waals surface area contributed by atoms with Crippen LogP contribution in [-0.2, 0) is 4.74 Å². The number of rotatable bonds is 1. The Morgan fingerprint density at radius 3 is 2.44 bits per heavy atom. The highest BCUT2D eigenvalue weighted by atomic mass is 79.9. The number of thiazole rings is 1. The first kappa shape index (κ1) is 18.1. The summed E-state index contributed by atoms with van der Waals surface area (Å²) in [6, 6.07) is 5.77. The summed E-state index contributed by atoms with van der Waals surface area (Å²) in [5.74, 6) is -0.0823. The monoisotopic (exact) mass is 425 g/mol. The molecule has 0 spiro atoms. The summed E-state index contributed by atoms with van der Waals surface area (Å²) >= 11 is 4.82. The van der Waals surface area contributed by atoms with Crippen molar-refractivity contribution in [3.8, 4) is 0 Å². The van der Waals surface area contributed by atoms with E-state index in [4.69, 9.17) is 4.74 Å². The molecule has 1 saturated heterocycles. The normalized spacial score (nSPS) is 15.5. The van der Waals surface area contributed by atoms with E-state index in [9.17, 15) is 9.59 Å². The van der Waals surface area contributed by atoms with E-state index in [0.717, 1.165) is 14.7 Å². The zero-order valence-corrected chi connectivity index (χ0v) is 16.8. The lowest BCUT2D eigenvalue weighted by Gasteiger charge is -2.35. The fraction of sp³-hybridized carbons (Fsp3) is 0.471. The Bertz CT molecular complexity index is 807. The van der Waals surface area contributed by atoms with Crippen molar-refractivity contribution in [1.29, 1.82) is 0 Å². The molecule has 2 amide bonds. The van der Waals surface area contributed by atoms with Crippen LogP contribution in [0.4, 0.5) is 4.79 Å². The van der Waals surface area contributed by atoms with Gasteiger partial charge in [0.2, 0.25) is 0 Å². The van der Waals surface area contributed by atoms with Crippen LogP contribution in [0.5, 0.6) is 0 Å². The summed E-state index contributed by atoms with van der Waals surface area (Å²) in [6.07, 6.45) is -0.329. The SMILES string of the molecule is CC(C)(C)OC(=O)N1CCN(C(=O)c2nc3ccc(Br)cc3s2)CC1. The number of carbonyl (C=O) groups is 2. The predicted octanol–water partition coefficient (Wildman–Crippen LogP) is 3.75. The summed E-state index contributed by atoms with van der Waals surface area (Å²) < 4.78 is 7.32. The summed E-state index contributed by atoms with van der Waals surface area (Å²) in [7, 11) is 0. The molecule has 1 aliphatic heterocycles. The lowest BCUT2D eigenvalue weighted by atomic mass is 10.2. The summed E-state index contributed by atoms with van der Waals surface area (Å²) in [4.78, 5) is 32.6. The largest absolute Gasteiger partial charge is 0.444 e. The molecular formula is C17H20BrN3O3S. The van der Waals surface area contributed by atoms with Gasteiger partial charge in [0.25, 0.3) is 5.91 Å². The van der Waals surface area contributed by atoms with Crippen LogP contribution < -0.4 is 0 Å². The van der Waals surface area contributed by atoms with Gasteiger partial charge in [0.1, 0.15) is 5.60 Å². The molecule has 1 aromatic carbocycles. The number of hydrogen-bond donors (Lipinski definition) is 0. The molecule has 134 valence electrons. The molecule has 0 N–H and O–H groups in total. The van der Waals surface area contributed by atoms with E-state index in [0.29, 0.717) is 31.2 Å². The minimum Gasteiger partial charge on any atom is -0.444 e. The molecule has 2 heterocycles. The molecule has 0 bridgehead atoms. The van der Waals surface area contributed by atoms with Crippen molar-refractivity contribution in [3.05, 3.63) is 27.7 Å². The molecule has 0 saturated carbocycles. The molecule has 8 heteroatoms. The Kier molecular flexibility index (Phi) is 5.02. The predicted molar refractivity (Wildman–Crippen MR) is 101 cm³/mol. The zero-order valence-electron chi connectivity index (χ0n) is 14.4. The topological polar surface area (TPSA) is 62.7 Å². The number of carbonyl (C=O) groups excluding carboxylic acids is 2. The quantitative estimate of drug-likeness (QED) is 0.697. The number of halogens is 1. The molecule has 0 unspecified atom stereocenters. The van der Waals surface area contributed by atoms with E-state index in [1.165, 1.54) is 11.3 Å². The van der Waals surface area contributed by atoms with Crippen LogP contribution in [0.1, 0.15) is 30.6 Å². The number of hydrogen-bond acceptors (Lipinski definition) is 5. The third-order valence-electron chi connectivity index (χ3n) is 3.75. The second-order valence-electron chi connectivity index (χ2n) is 6.89. The Hall–Kier alpha value is -1.67. The van der Waals surface area contributed by atoms with Crippen LogP contribution >= 0.6 is 27.3 Å². The number of fused-ring (bicyclic) bond motifs is 1. The molecule has 1 fully saturated rings. The molecular weight excluding hydrogens is 406 g/mol. The third kappa shape index (κ3) is 4.30. The second-order valence-corrected chi connectivity index (χ2v) is 8.84. The highest BCUT2D eigenvalue weighted by Gasteiger charge is 2.29. The number of amides is 2. The van der Waals surface area contributed by atoms with E-state index >= 15 is 0 Å². The minimum atomic E-state index is -0.515. The summed E-state index contributed by atoms with van der Waals surface area (Å²) in [5, 5.41) is 0.485. The Morgan fingerprint density at radius 2 is 1.80 bits per heavy atom. The van der Waals surface area contributed by atoms with Crippen molar-refractivity contribution in [1.82, 2.24) is 14.8 Å².